The number of amides is 1. The van der Waals surface area contributed by atoms with E-state index in [-0.39, 0.29) is 6.29 Å². The van der Waals surface area contributed by atoms with Gasteiger partial charge < -0.3 is 9.47 Å². The average Bonchev–Trinajstić information content (AvgIpc) is 2.77. The number of hydrogen-bond acceptors (Lipinski definition) is 5. The van der Waals surface area contributed by atoms with Crippen molar-refractivity contribution in [3.8, 4) is 0 Å². The number of carbonyl (C=O) groups excluding carboxylic acids is 1. The predicted molar refractivity (Wildman–Crippen MR) is 67.1 cm³/mol. The lowest BCUT2D eigenvalue weighted by Gasteiger charge is -2.30. The molecule has 4 atom stereocenters. The second-order valence-corrected chi connectivity index (χ2v) is 4.92. The van der Waals surface area contributed by atoms with Gasteiger partial charge in [0.25, 0.3) is 0 Å². The molecular weight excluding hydrogens is 234 g/mol. The van der Waals surface area contributed by atoms with E-state index in [2.05, 4.69) is 27.6 Å². The average molecular weight is 257 g/mol. The van der Waals surface area contributed by atoms with E-state index >= 15 is 0 Å². The van der Waals surface area contributed by atoms with Gasteiger partial charge in [0.2, 0.25) is 0 Å². The largest absolute Gasteiger partial charge is 0.453 e. The molecule has 1 heterocycles. The van der Waals surface area contributed by atoms with Crippen molar-refractivity contribution in [2.75, 3.05) is 13.7 Å². The van der Waals surface area contributed by atoms with E-state index in [0.29, 0.717) is 18.2 Å². The number of rotatable bonds is 4. The molecular formula is C12H23N3O3. The van der Waals surface area contributed by atoms with Gasteiger partial charge in [-0.05, 0) is 25.7 Å². The summed E-state index contributed by atoms with van der Waals surface area (Å²) in [6.07, 6.45) is 3.94. The summed E-state index contributed by atoms with van der Waals surface area (Å²) < 4.78 is 10.4. The molecule has 4 unspecified atom stereocenters. The van der Waals surface area contributed by atoms with E-state index in [0.717, 1.165) is 32.3 Å². The molecule has 6 heteroatoms. The predicted octanol–water partition coefficient (Wildman–Crippen LogP) is 0.535. The number of hydrogen-bond donors (Lipinski definition) is 3. The van der Waals surface area contributed by atoms with Gasteiger partial charge in [0.1, 0.15) is 6.29 Å². The third-order valence-corrected chi connectivity index (χ3v) is 3.57. The number of nitrogens with one attached hydrogen (secondary N) is 3. The fraction of sp³-hybridized carbons (Fsp3) is 0.917. The summed E-state index contributed by atoms with van der Waals surface area (Å²) >= 11 is 0. The summed E-state index contributed by atoms with van der Waals surface area (Å²) in [5, 5.41) is 9.44. The van der Waals surface area contributed by atoms with Crippen molar-refractivity contribution in [3.63, 3.8) is 0 Å². The van der Waals surface area contributed by atoms with Crippen LogP contribution in [0.4, 0.5) is 4.79 Å². The highest BCUT2D eigenvalue weighted by molar-refractivity contribution is 5.67. The van der Waals surface area contributed by atoms with Gasteiger partial charge in [-0.3, -0.25) is 16.0 Å². The Morgan fingerprint density at radius 1 is 1.33 bits per heavy atom. The molecule has 18 heavy (non-hydrogen) atoms. The van der Waals surface area contributed by atoms with E-state index in [9.17, 15) is 4.79 Å². The second kappa shape index (κ2) is 6.36. The van der Waals surface area contributed by atoms with Crippen LogP contribution in [0.15, 0.2) is 0 Å². The first-order valence-corrected chi connectivity index (χ1v) is 6.71. The third kappa shape index (κ3) is 3.34. The maximum atomic E-state index is 11.1. The van der Waals surface area contributed by atoms with Gasteiger partial charge in [-0.2, -0.15) is 0 Å². The van der Waals surface area contributed by atoms with Crippen molar-refractivity contribution in [2.45, 2.75) is 57.1 Å². The number of ether oxygens (including phenoxy) is 2. The lowest BCUT2D eigenvalue weighted by molar-refractivity contribution is 0.0191. The Balaban J connectivity index is 1.78. The first kappa shape index (κ1) is 13.6. The van der Waals surface area contributed by atoms with E-state index in [1.54, 1.807) is 0 Å². The lowest BCUT2D eigenvalue weighted by Crippen LogP contribution is -2.49. The van der Waals surface area contributed by atoms with E-state index in [1.165, 1.54) is 7.11 Å². The first-order valence-electron chi connectivity index (χ1n) is 6.71. The SMILES string of the molecule is CCCOC1CCC2NC(NC(=O)OC)NC2C1. The molecule has 1 saturated carbocycles. The summed E-state index contributed by atoms with van der Waals surface area (Å²) in [6.45, 7) is 2.95. The van der Waals surface area contributed by atoms with Gasteiger partial charge in [-0.15, -0.1) is 0 Å². The second-order valence-electron chi connectivity index (χ2n) is 4.92. The van der Waals surface area contributed by atoms with Gasteiger partial charge in [0.05, 0.1) is 13.2 Å². The van der Waals surface area contributed by atoms with E-state index in [1.807, 2.05) is 0 Å². The molecule has 1 amide bonds. The molecule has 0 radical (unpaired) electrons. The van der Waals surface area contributed by atoms with Crippen LogP contribution in [-0.2, 0) is 9.47 Å². The molecule has 2 rings (SSSR count). The molecule has 0 aromatic heterocycles. The van der Waals surface area contributed by atoms with Gasteiger partial charge >= 0.3 is 6.09 Å². The molecule has 2 aliphatic rings. The normalized spacial score (nSPS) is 35.0. The Morgan fingerprint density at radius 3 is 2.83 bits per heavy atom. The molecule has 3 N–H and O–H groups in total. The Hall–Kier alpha value is -0.850. The Morgan fingerprint density at radius 2 is 2.11 bits per heavy atom. The molecule has 0 aromatic carbocycles. The minimum atomic E-state index is -0.419. The van der Waals surface area contributed by atoms with Gasteiger partial charge in [0, 0.05) is 18.7 Å². The summed E-state index contributed by atoms with van der Waals surface area (Å²) in [6, 6.07) is 0.774. The molecule has 2 fully saturated rings. The quantitative estimate of drug-likeness (QED) is 0.685. The highest BCUT2D eigenvalue weighted by Crippen LogP contribution is 2.25. The van der Waals surface area contributed by atoms with Crippen LogP contribution in [0.1, 0.15) is 32.6 Å². The van der Waals surface area contributed by atoms with Crippen molar-refractivity contribution < 1.29 is 14.3 Å². The number of alkyl carbamates (subject to hydrolysis) is 1. The number of methoxy groups -OCH3 is 1. The topological polar surface area (TPSA) is 71.6 Å². The van der Waals surface area contributed by atoms with Crippen LogP contribution in [0.2, 0.25) is 0 Å². The summed E-state index contributed by atoms with van der Waals surface area (Å²) in [5.41, 5.74) is 0. The van der Waals surface area contributed by atoms with Crippen molar-refractivity contribution in [1.29, 1.82) is 0 Å². The van der Waals surface area contributed by atoms with Gasteiger partial charge in [-0.25, -0.2) is 4.79 Å². The van der Waals surface area contributed by atoms with Crippen molar-refractivity contribution in [2.24, 2.45) is 0 Å². The highest BCUT2D eigenvalue weighted by atomic mass is 16.5. The molecule has 0 bridgehead atoms. The molecule has 0 aromatic rings. The number of fused-ring (bicyclic) bond motifs is 1. The van der Waals surface area contributed by atoms with Crippen LogP contribution in [0.3, 0.4) is 0 Å². The maximum absolute atomic E-state index is 11.1. The highest BCUT2D eigenvalue weighted by Gasteiger charge is 2.38. The molecule has 104 valence electrons. The van der Waals surface area contributed by atoms with Crippen molar-refractivity contribution in [1.82, 2.24) is 16.0 Å². The summed E-state index contributed by atoms with van der Waals surface area (Å²) in [5.74, 6) is 0. The van der Waals surface area contributed by atoms with E-state index < -0.39 is 6.09 Å². The van der Waals surface area contributed by atoms with Crippen molar-refractivity contribution >= 4 is 6.09 Å². The van der Waals surface area contributed by atoms with Crippen LogP contribution in [-0.4, -0.2) is 44.3 Å². The Bertz CT molecular complexity index is 288. The van der Waals surface area contributed by atoms with Crippen LogP contribution in [0.25, 0.3) is 0 Å². The minimum absolute atomic E-state index is 0.197. The minimum Gasteiger partial charge on any atom is -0.453 e. The van der Waals surface area contributed by atoms with Gasteiger partial charge in [0.15, 0.2) is 0 Å². The maximum Gasteiger partial charge on any atom is 0.409 e. The Kier molecular flexibility index (Phi) is 4.79. The smallest absolute Gasteiger partial charge is 0.409 e. The van der Waals surface area contributed by atoms with Crippen molar-refractivity contribution in [3.05, 3.63) is 0 Å². The molecule has 1 aliphatic carbocycles. The molecule has 0 spiro atoms. The molecule has 1 saturated heterocycles. The zero-order valence-corrected chi connectivity index (χ0v) is 11.1. The standard InChI is InChI=1S/C12H23N3O3/c1-3-6-18-8-4-5-9-10(7-8)14-11(13-9)15-12(16)17-2/h8-11,13-14H,3-7H2,1-2H3,(H,15,16). The fourth-order valence-electron chi connectivity index (χ4n) is 2.69. The molecule has 1 aliphatic heterocycles. The first-order chi connectivity index (χ1) is 8.72. The number of carbonyl (C=O) groups is 1. The van der Waals surface area contributed by atoms with E-state index in [4.69, 9.17) is 4.74 Å². The zero-order chi connectivity index (χ0) is 13.0. The fourth-order valence-corrected chi connectivity index (χ4v) is 2.69. The van der Waals surface area contributed by atoms with Crippen LogP contribution in [0.5, 0.6) is 0 Å². The van der Waals surface area contributed by atoms with Crippen LogP contribution >= 0.6 is 0 Å². The van der Waals surface area contributed by atoms with Crippen LogP contribution < -0.4 is 16.0 Å². The third-order valence-electron chi connectivity index (χ3n) is 3.57. The van der Waals surface area contributed by atoms with Gasteiger partial charge in [-0.1, -0.05) is 6.92 Å². The molecule has 6 nitrogen and oxygen atoms in total. The van der Waals surface area contributed by atoms with Crippen LogP contribution in [0, 0.1) is 0 Å². The summed E-state index contributed by atoms with van der Waals surface area (Å²) in [4.78, 5) is 11.1. The lowest BCUT2D eigenvalue weighted by atomic mass is 9.89. The monoisotopic (exact) mass is 257 g/mol. The Labute approximate surface area is 108 Å². The summed E-state index contributed by atoms with van der Waals surface area (Å²) in [7, 11) is 1.37. The zero-order valence-electron chi connectivity index (χ0n) is 11.1.